The van der Waals surface area contributed by atoms with Crippen molar-refractivity contribution in [2.75, 3.05) is 70.3 Å². The van der Waals surface area contributed by atoms with Gasteiger partial charge in [-0.3, -0.25) is 9.48 Å². The Hall–Kier alpha value is -3.46. The molecule has 1 amide bonds. The fraction of sp³-hybridized carbons (Fsp3) is 0.613. The number of carbonyl (C=O) groups is 1. The molecule has 0 radical (unpaired) electrons. The third-order valence-electron chi connectivity index (χ3n) is 8.24. The minimum Gasteiger partial charge on any atom is -0.444 e. The maximum atomic E-state index is 14.0. The number of alkyl halides is 2. The molecular weight excluding hydrogens is 586 g/mol. The van der Waals surface area contributed by atoms with Crippen LogP contribution in [0.15, 0.2) is 35.2 Å². The minimum absolute atomic E-state index is 0.0142. The molecule has 0 aliphatic heterocycles. The van der Waals surface area contributed by atoms with E-state index in [2.05, 4.69) is 37.6 Å². The van der Waals surface area contributed by atoms with Gasteiger partial charge in [0, 0.05) is 44.1 Å². The summed E-state index contributed by atoms with van der Waals surface area (Å²) in [5.41, 5.74) is 5.56. The molecule has 246 valence electrons. The zero-order valence-corrected chi connectivity index (χ0v) is 25.8. The number of hydrogen-bond donors (Lipinski definition) is 3. The Kier molecular flexibility index (Phi) is 11.9. The van der Waals surface area contributed by atoms with E-state index in [9.17, 15) is 13.6 Å². The molecule has 4 N–H and O–H groups in total. The quantitative estimate of drug-likeness (QED) is 0.171. The van der Waals surface area contributed by atoms with E-state index in [4.69, 9.17) is 19.6 Å². The second-order valence-electron chi connectivity index (χ2n) is 11.9. The number of nitrogens with zero attached hydrogens (tertiary/aromatic N) is 5. The number of carbonyl (C=O) groups excluding carboxylic acids is 1. The molecule has 2 aliphatic carbocycles. The topological polar surface area (TPSA) is 146 Å². The van der Waals surface area contributed by atoms with E-state index in [1.54, 1.807) is 23.0 Å². The van der Waals surface area contributed by atoms with Gasteiger partial charge in [0.15, 0.2) is 11.4 Å². The number of rotatable bonds is 18. The van der Waals surface area contributed by atoms with Gasteiger partial charge in [-0.1, -0.05) is 0 Å². The maximum Gasteiger partial charge on any atom is 0.284 e. The maximum absolute atomic E-state index is 14.0. The number of pyridine rings is 1. The van der Waals surface area contributed by atoms with Crippen molar-refractivity contribution in [1.82, 2.24) is 24.6 Å². The molecule has 0 bridgehead atoms. The van der Waals surface area contributed by atoms with Crippen molar-refractivity contribution in [3.8, 4) is 11.5 Å². The number of amides is 1. The zero-order chi connectivity index (χ0) is 31.6. The molecule has 3 aromatic rings. The first kappa shape index (κ1) is 32.9. The van der Waals surface area contributed by atoms with Crippen LogP contribution in [0.1, 0.15) is 67.2 Å². The first-order valence-electron chi connectivity index (χ1n) is 15.8. The highest BCUT2D eigenvalue weighted by molar-refractivity contribution is 6.03. The Morgan fingerprint density at radius 2 is 1.89 bits per heavy atom. The average Bonchev–Trinajstić information content (AvgIpc) is 3.56. The number of nitrogens with two attached hydrogens (primary N) is 1. The number of halogens is 2. The van der Waals surface area contributed by atoms with Crippen molar-refractivity contribution in [3.05, 3.63) is 42.2 Å². The fourth-order valence-corrected chi connectivity index (χ4v) is 5.53. The monoisotopic (exact) mass is 630 g/mol. The molecule has 0 spiro atoms. The molecule has 3 aromatic heterocycles. The van der Waals surface area contributed by atoms with Crippen LogP contribution in [0.25, 0.3) is 11.5 Å². The second kappa shape index (κ2) is 16.2. The van der Waals surface area contributed by atoms with Crippen molar-refractivity contribution in [3.63, 3.8) is 0 Å². The fourth-order valence-electron chi connectivity index (χ4n) is 5.53. The van der Waals surface area contributed by atoms with Crippen LogP contribution in [0.2, 0.25) is 0 Å². The molecule has 0 saturated heterocycles. The van der Waals surface area contributed by atoms with Gasteiger partial charge >= 0.3 is 0 Å². The number of likely N-dealkylation sites (N-methyl/N-ethyl adjacent to an activating group) is 1. The molecule has 0 atom stereocenters. The van der Waals surface area contributed by atoms with Gasteiger partial charge in [0.2, 0.25) is 5.89 Å². The molecule has 2 aliphatic rings. The highest BCUT2D eigenvalue weighted by Crippen LogP contribution is 2.35. The van der Waals surface area contributed by atoms with Crippen LogP contribution in [0, 0.1) is 11.8 Å². The summed E-state index contributed by atoms with van der Waals surface area (Å²) in [7, 11) is 2.08. The van der Waals surface area contributed by atoms with Crippen LogP contribution in [0.4, 0.5) is 20.3 Å². The van der Waals surface area contributed by atoms with Crippen LogP contribution in [-0.2, 0) is 9.47 Å². The molecule has 0 aromatic carbocycles. The average molecular weight is 631 g/mol. The van der Waals surface area contributed by atoms with Crippen molar-refractivity contribution in [1.29, 1.82) is 0 Å². The Labute approximate surface area is 262 Å². The Morgan fingerprint density at radius 1 is 1.13 bits per heavy atom. The Morgan fingerprint density at radius 3 is 2.62 bits per heavy atom. The summed E-state index contributed by atoms with van der Waals surface area (Å²) in [5, 5.41) is 10.1. The summed E-state index contributed by atoms with van der Waals surface area (Å²) in [5.74, 6) is 1.49. The van der Waals surface area contributed by atoms with Crippen molar-refractivity contribution in [2.24, 2.45) is 17.6 Å². The van der Waals surface area contributed by atoms with Crippen LogP contribution < -0.4 is 16.4 Å². The molecular formula is C31H44F2N8O4. The first-order valence-corrected chi connectivity index (χ1v) is 15.8. The van der Waals surface area contributed by atoms with Crippen LogP contribution in [-0.4, -0.2) is 90.2 Å². The molecule has 0 unspecified atom stereocenters. The Balaban J connectivity index is 1.11. The van der Waals surface area contributed by atoms with Crippen LogP contribution in [0.3, 0.4) is 0 Å². The van der Waals surface area contributed by atoms with Gasteiger partial charge < -0.3 is 35.2 Å². The molecule has 2 fully saturated rings. The van der Waals surface area contributed by atoms with E-state index in [-0.39, 0.29) is 23.3 Å². The van der Waals surface area contributed by atoms with Gasteiger partial charge in [-0.25, -0.2) is 18.7 Å². The predicted molar refractivity (Wildman–Crippen MR) is 165 cm³/mol. The lowest BCUT2D eigenvalue weighted by Crippen LogP contribution is -2.31. The number of aromatic nitrogens is 4. The van der Waals surface area contributed by atoms with Gasteiger partial charge in [-0.15, -0.1) is 0 Å². The van der Waals surface area contributed by atoms with E-state index in [1.807, 2.05) is 0 Å². The molecule has 45 heavy (non-hydrogen) atoms. The standard InChI is InChI=1S/C31H44F2N8O4/c1-40(11-13-44-15-14-43-12-9-34)18-22-4-6-24(7-5-22)41-19-25(28(39-41)29(32)33)37-30(42)26-20-45-31(38-26)23-8-10-35-27(16-23)36-17-21-2-3-21/h8,10,16,19-22,24,29H,2-7,9,11-15,17-18,34H2,1H3,(H,35,36)(H,37,42)/t22-,24-. The lowest BCUT2D eigenvalue weighted by Gasteiger charge is -2.31. The minimum atomic E-state index is -2.84. The third kappa shape index (κ3) is 9.76. The van der Waals surface area contributed by atoms with Gasteiger partial charge in [0.05, 0.1) is 38.2 Å². The highest BCUT2D eigenvalue weighted by atomic mass is 19.3. The molecule has 5 rings (SSSR count). The summed E-state index contributed by atoms with van der Waals surface area (Å²) in [6, 6.07) is 3.53. The van der Waals surface area contributed by atoms with Gasteiger partial charge in [0.25, 0.3) is 12.3 Å². The summed E-state index contributed by atoms with van der Waals surface area (Å²) in [6.45, 7) is 5.41. The molecule has 2 saturated carbocycles. The summed E-state index contributed by atoms with van der Waals surface area (Å²) >= 11 is 0. The summed E-state index contributed by atoms with van der Waals surface area (Å²) in [6.07, 6.45) is 7.54. The smallest absolute Gasteiger partial charge is 0.284 e. The number of anilines is 2. The van der Waals surface area contributed by atoms with Gasteiger partial charge in [-0.05, 0) is 69.5 Å². The molecule has 14 heteroatoms. The SMILES string of the molecule is CN(CCOCCOCCN)C[C@H]1CC[C@H](n2cc(NC(=O)c3coc(-c4ccnc(NCC5CC5)c4)n3)c(C(F)F)n2)CC1. The third-order valence-corrected chi connectivity index (χ3v) is 8.24. The van der Waals surface area contributed by atoms with E-state index in [0.717, 1.165) is 45.3 Å². The number of nitrogens with one attached hydrogen (secondary N) is 2. The van der Waals surface area contributed by atoms with E-state index in [1.165, 1.54) is 25.3 Å². The Bertz CT molecular complexity index is 1360. The molecule has 3 heterocycles. The van der Waals surface area contributed by atoms with E-state index in [0.29, 0.717) is 56.2 Å². The summed E-state index contributed by atoms with van der Waals surface area (Å²) in [4.78, 5) is 23.9. The lowest BCUT2D eigenvalue weighted by molar-refractivity contribution is 0.0413. The first-order chi connectivity index (χ1) is 21.9. The van der Waals surface area contributed by atoms with Crippen molar-refractivity contribution in [2.45, 2.75) is 51.0 Å². The normalized spacial score (nSPS) is 18.5. The summed E-state index contributed by atoms with van der Waals surface area (Å²) < 4.78 is 46.0. The van der Waals surface area contributed by atoms with E-state index >= 15 is 0 Å². The van der Waals surface area contributed by atoms with Crippen molar-refractivity contribution >= 4 is 17.4 Å². The highest BCUT2D eigenvalue weighted by Gasteiger charge is 2.28. The largest absolute Gasteiger partial charge is 0.444 e. The zero-order valence-electron chi connectivity index (χ0n) is 25.8. The van der Waals surface area contributed by atoms with Gasteiger partial charge in [-0.2, -0.15) is 5.10 Å². The van der Waals surface area contributed by atoms with Crippen molar-refractivity contribution < 1.29 is 27.5 Å². The van der Waals surface area contributed by atoms with E-state index < -0.39 is 18.0 Å². The number of oxazole rings is 1. The van der Waals surface area contributed by atoms with Crippen LogP contribution >= 0.6 is 0 Å². The second-order valence-corrected chi connectivity index (χ2v) is 11.9. The number of hydrogen-bond acceptors (Lipinski definition) is 10. The molecule has 12 nitrogen and oxygen atoms in total. The van der Waals surface area contributed by atoms with Crippen LogP contribution in [0.5, 0.6) is 0 Å². The van der Waals surface area contributed by atoms with Gasteiger partial charge in [0.1, 0.15) is 12.1 Å². The lowest BCUT2D eigenvalue weighted by atomic mass is 9.86. The number of ether oxygens (including phenoxy) is 2. The predicted octanol–water partition coefficient (Wildman–Crippen LogP) is 4.60.